The predicted octanol–water partition coefficient (Wildman–Crippen LogP) is 1.39. The Balaban J connectivity index is 2.76. The maximum absolute atomic E-state index is 11.5. The molecule has 4 heteroatoms. The van der Waals surface area contributed by atoms with Crippen molar-refractivity contribution >= 4 is 10.9 Å². The monoisotopic (exact) mass is 232 g/mol. The Kier molecular flexibility index (Phi) is 3.00. The fourth-order valence-electron chi connectivity index (χ4n) is 1.89. The summed E-state index contributed by atoms with van der Waals surface area (Å²) in [5.41, 5.74) is 2.28. The van der Waals surface area contributed by atoms with Crippen LogP contribution >= 0.6 is 0 Å². The van der Waals surface area contributed by atoms with Gasteiger partial charge in [-0.3, -0.25) is 9.69 Å². The first-order valence-corrected chi connectivity index (χ1v) is 5.47. The van der Waals surface area contributed by atoms with E-state index < -0.39 is 6.23 Å². The van der Waals surface area contributed by atoms with Crippen molar-refractivity contribution in [1.29, 1.82) is 0 Å². The second-order valence-corrected chi connectivity index (χ2v) is 4.48. The molecule has 4 nitrogen and oxygen atoms in total. The van der Waals surface area contributed by atoms with Gasteiger partial charge in [0.05, 0.1) is 0 Å². The van der Waals surface area contributed by atoms with Gasteiger partial charge >= 0.3 is 0 Å². The number of aliphatic hydroxyl groups excluding tert-OH is 1. The Labute approximate surface area is 99.5 Å². The number of pyridine rings is 1. The maximum atomic E-state index is 11.5. The van der Waals surface area contributed by atoms with Gasteiger partial charge < -0.3 is 10.1 Å². The lowest BCUT2D eigenvalue weighted by molar-refractivity contribution is 0.0407. The van der Waals surface area contributed by atoms with Crippen LogP contribution in [0.25, 0.3) is 10.9 Å². The number of H-pyrrole nitrogens is 1. The summed E-state index contributed by atoms with van der Waals surface area (Å²) < 4.78 is 0. The second kappa shape index (κ2) is 4.31. The summed E-state index contributed by atoms with van der Waals surface area (Å²) in [6.45, 7) is 1.98. The van der Waals surface area contributed by atoms with Crippen LogP contribution in [-0.4, -0.2) is 29.1 Å². The van der Waals surface area contributed by atoms with Gasteiger partial charge in [-0.25, -0.2) is 0 Å². The van der Waals surface area contributed by atoms with Crippen molar-refractivity contribution in [2.75, 3.05) is 14.1 Å². The molecule has 17 heavy (non-hydrogen) atoms. The Bertz CT molecular complexity index is 602. The number of aromatic nitrogens is 1. The van der Waals surface area contributed by atoms with Crippen LogP contribution in [0.5, 0.6) is 0 Å². The molecule has 0 aliphatic carbocycles. The highest BCUT2D eigenvalue weighted by Gasteiger charge is 2.14. The van der Waals surface area contributed by atoms with Crippen LogP contribution in [0.15, 0.2) is 29.1 Å². The van der Waals surface area contributed by atoms with Crippen molar-refractivity contribution in [2.24, 2.45) is 0 Å². The largest absolute Gasteiger partial charge is 0.374 e. The minimum absolute atomic E-state index is 0.197. The summed E-state index contributed by atoms with van der Waals surface area (Å²) >= 11 is 0. The van der Waals surface area contributed by atoms with Crippen molar-refractivity contribution in [1.82, 2.24) is 9.88 Å². The molecule has 0 fully saturated rings. The first-order chi connectivity index (χ1) is 7.99. The highest BCUT2D eigenvalue weighted by atomic mass is 16.3. The quantitative estimate of drug-likeness (QED) is 0.769. The summed E-state index contributed by atoms with van der Waals surface area (Å²) in [5.74, 6) is 0. The highest BCUT2D eigenvalue weighted by molar-refractivity contribution is 5.82. The molecule has 1 atom stereocenters. The van der Waals surface area contributed by atoms with Crippen molar-refractivity contribution < 1.29 is 5.11 Å². The molecule has 1 heterocycles. The van der Waals surface area contributed by atoms with E-state index in [4.69, 9.17) is 0 Å². The van der Waals surface area contributed by atoms with Gasteiger partial charge in [-0.15, -0.1) is 0 Å². The number of aliphatic hydroxyl groups is 1. The van der Waals surface area contributed by atoms with E-state index in [1.54, 1.807) is 19.0 Å². The minimum atomic E-state index is -0.776. The molecular weight excluding hydrogens is 216 g/mol. The molecule has 1 unspecified atom stereocenters. The van der Waals surface area contributed by atoms with Gasteiger partial charge in [0.1, 0.15) is 6.23 Å². The SMILES string of the molecule is Cc1ccc2[nH]c(=O)cc(C(O)N(C)C)c2c1. The lowest BCUT2D eigenvalue weighted by atomic mass is 10.1. The Hall–Kier alpha value is -1.65. The van der Waals surface area contributed by atoms with E-state index in [9.17, 15) is 9.90 Å². The van der Waals surface area contributed by atoms with E-state index in [1.165, 1.54) is 6.07 Å². The third-order valence-corrected chi connectivity index (χ3v) is 2.80. The molecular formula is C13H16N2O2. The normalized spacial score (nSPS) is 13.2. The highest BCUT2D eigenvalue weighted by Crippen LogP contribution is 2.23. The van der Waals surface area contributed by atoms with E-state index in [-0.39, 0.29) is 5.56 Å². The molecule has 0 saturated carbocycles. The van der Waals surface area contributed by atoms with E-state index in [0.29, 0.717) is 5.56 Å². The zero-order chi connectivity index (χ0) is 12.6. The van der Waals surface area contributed by atoms with Crippen LogP contribution in [0, 0.1) is 6.92 Å². The van der Waals surface area contributed by atoms with Gasteiger partial charge in [0.2, 0.25) is 5.56 Å². The average molecular weight is 232 g/mol. The molecule has 1 aromatic carbocycles. The Morgan fingerprint density at radius 3 is 2.65 bits per heavy atom. The molecule has 0 spiro atoms. The van der Waals surface area contributed by atoms with E-state index in [1.807, 2.05) is 25.1 Å². The molecule has 0 saturated heterocycles. The van der Waals surface area contributed by atoms with Crippen molar-refractivity contribution in [3.63, 3.8) is 0 Å². The van der Waals surface area contributed by atoms with Crippen LogP contribution in [0.4, 0.5) is 0 Å². The van der Waals surface area contributed by atoms with Gasteiger partial charge in [0.25, 0.3) is 0 Å². The number of nitrogens with zero attached hydrogens (tertiary/aromatic N) is 1. The Morgan fingerprint density at radius 1 is 1.29 bits per heavy atom. The first kappa shape index (κ1) is 11.8. The van der Waals surface area contributed by atoms with Crippen molar-refractivity contribution in [2.45, 2.75) is 13.2 Å². The lowest BCUT2D eigenvalue weighted by Crippen LogP contribution is -2.21. The number of hydrogen-bond donors (Lipinski definition) is 2. The van der Waals surface area contributed by atoms with Gasteiger partial charge in [-0.2, -0.15) is 0 Å². The van der Waals surface area contributed by atoms with Gasteiger partial charge in [-0.05, 0) is 33.2 Å². The summed E-state index contributed by atoms with van der Waals surface area (Å²) in [5, 5.41) is 11.0. The van der Waals surface area contributed by atoms with Gasteiger partial charge in [-0.1, -0.05) is 11.6 Å². The number of aryl methyl sites for hydroxylation is 1. The fourth-order valence-corrected chi connectivity index (χ4v) is 1.89. The standard InChI is InChI=1S/C13H16N2O2/c1-8-4-5-11-9(6-8)10(7-12(16)14-11)13(17)15(2)3/h4-7,13,17H,1-3H3,(H,14,16). The summed E-state index contributed by atoms with van der Waals surface area (Å²) in [6.07, 6.45) is -0.776. The molecule has 0 amide bonds. The van der Waals surface area contributed by atoms with Crippen LogP contribution < -0.4 is 5.56 Å². The maximum Gasteiger partial charge on any atom is 0.248 e. The topological polar surface area (TPSA) is 56.3 Å². The number of rotatable bonds is 2. The zero-order valence-corrected chi connectivity index (χ0v) is 10.2. The van der Waals surface area contributed by atoms with Crippen LogP contribution in [0.3, 0.4) is 0 Å². The predicted molar refractivity (Wildman–Crippen MR) is 68.0 cm³/mol. The van der Waals surface area contributed by atoms with Crippen LogP contribution in [0.1, 0.15) is 17.4 Å². The number of aromatic amines is 1. The smallest absolute Gasteiger partial charge is 0.248 e. The second-order valence-electron chi connectivity index (χ2n) is 4.48. The number of nitrogens with one attached hydrogen (secondary N) is 1. The van der Waals surface area contributed by atoms with E-state index in [2.05, 4.69) is 4.98 Å². The van der Waals surface area contributed by atoms with Gasteiger partial charge in [0.15, 0.2) is 0 Å². The molecule has 1 aromatic heterocycles. The molecule has 2 N–H and O–H groups in total. The molecule has 0 bridgehead atoms. The number of fused-ring (bicyclic) bond motifs is 1. The van der Waals surface area contributed by atoms with E-state index in [0.717, 1.165) is 16.5 Å². The minimum Gasteiger partial charge on any atom is -0.374 e. The van der Waals surface area contributed by atoms with E-state index >= 15 is 0 Å². The molecule has 0 aliphatic rings. The third kappa shape index (κ3) is 2.23. The third-order valence-electron chi connectivity index (χ3n) is 2.80. The molecule has 0 radical (unpaired) electrons. The van der Waals surface area contributed by atoms with Crippen LogP contribution in [-0.2, 0) is 0 Å². The zero-order valence-electron chi connectivity index (χ0n) is 10.2. The van der Waals surface area contributed by atoms with Crippen LogP contribution in [0.2, 0.25) is 0 Å². The number of benzene rings is 1. The lowest BCUT2D eigenvalue weighted by Gasteiger charge is -2.20. The van der Waals surface area contributed by atoms with Crippen molar-refractivity contribution in [3.05, 3.63) is 45.7 Å². The molecule has 0 aliphatic heterocycles. The number of hydrogen-bond acceptors (Lipinski definition) is 3. The molecule has 90 valence electrons. The molecule has 2 rings (SSSR count). The Morgan fingerprint density at radius 2 is 2.00 bits per heavy atom. The summed E-state index contributed by atoms with van der Waals surface area (Å²) in [4.78, 5) is 16.0. The van der Waals surface area contributed by atoms with Gasteiger partial charge in [0, 0.05) is 22.5 Å². The van der Waals surface area contributed by atoms with Crippen molar-refractivity contribution in [3.8, 4) is 0 Å². The summed E-state index contributed by atoms with van der Waals surface area (Å²) in [6, 6.07) is 7.21. The first-order valence-electron chi connectivity index (χ1n) is 5.47. The average Bonchev–Trinajstić information content (AvgIpc) is 2.27. The summed E-state index contributed by atoms with van der Waals surface area (Å²) in [7, 11) is 3.54. The molecule has 2 aromatic rings. The fraction of sp³-hybridized carbons (Fsp3) is 0.308.